The molecule has 1 N–H and O–H groups in total. The molecule has 1 heterocycles. The second-order valence-electron chi connectivity index (χ2n) is 4.19. The second kappa shape index (κ2) is 5.10. The molecule has 0 radical (unpaired) electrons. The van der Waals surface area contributed by atoms with Gasteiger partial charge in [0.1, 0.15) is 6.17 Å². The van der Waals surface area contributed by atoms with Crippen molar-refractivity contribution in [1.29, 1.82) is 0 Å². The number of carbonyl (C=O) groups excluding carboxylic acids is 1. The lowest BCUT2D eigenvalue weighted by atomic mass is 10.1. The normalized spacial score (nSPS) is 24.4. The maximum atomic E-state index is 11.9. The number of rotatable bonds is 3. The van der Waals surface area contributed by atoms with Crippen LogP contribution in [0, 0.1) is 0 Å². The van der Waals surface area contributed by atoms with E-state index in [-0.39, 0.29) is 18.1 Å². The summed E-state index contributed by atoms with van der Waals surface area (Å²) in [6.45, 7) is 4.67. The standard InChI is InChI=1S/C13H18N2OS/c1-4-15-12(14-9(2)13(15)16)10-5-7-11(17-3)8-6-10/h5-9,12,14H,4H2,1-3H3. The van der Waals surface area contributed by atoms with E-state index in [9.17, 15) is 4.79 Å². The Kier molecular flexibility index (Phi) is 3.74. The molecule has 1 aliphatic heterocycles. The molecule has 3 nitrogen and oxygen atoms in total. The summed E-state index contributed by atoms with van der Waals surface area (Å²) in [6.07, 6.45) is 2.09. The van der Waals surface area contributed by atoms with Gasteiger partial charge < -0.3 is 4.90 Å². The van der Waals surface area contributed by atoms with Gasteiger partial charge in [-0.1, -0.05) is 12.1 Å². The van der Waals surface area contributed by atoms with E-state index in [0.717, 1.165) is 12.1 Å². The number of benzene rings is 1. The first-order chi connectivity index (χ1) is 8.17. The number of hydrogen-bond donors (Lipinski definition) is 1. The fourth-order valence-corrected chi connectivity index (χ4v) is 2.58. The van der Waals surface area contributed by atoms with Gasteiger partial charge in [0.05, 0.1) is 6.04 Å². The average Bonchev–Trinajstić information content (AvgIpc) is 2.65. The molecule has 92 valence electrons. The van der Waals surface area contributed by atoms with E-state index in [1.54, 1.807) is 11.8 Å². The van der Waals surface area contributed by atoms with Crippen molar-refractivity contribution in [2.24, 2.45) is 0 Å². The highest BCUT2D eigenvalue weighted by Gasteiger charge is 2.35. The molecular weight excluding hydrogens is 232 g/mol. The Morgan fingerprint density at radius 1 is 1.35 bits per heavy atom. The Morgan fingerprint density at radius 2 is 2.00 bits per heavy atom. The van der Waals surface area contributed by atoms with E-state index in [2.05, 4.69) is 35.8 Å². The molecule has 4 heteroatoms. The molecular formula is C13H18N2OS. The Balaban J connectivity index is 2.23. The van der Waals surface area contributed by atoms with Crippen molar-refractivity contribution in [3.05, 3.63) is 29.8 Å². The van der Waals surface area contributed by atoms with Gasteiger partial charge in [-0.25, -0.2) is 0 Å². The van der Waals surface area contributed by atoms with Crippen LogP contribution in [0.15, 0.2) is 29.2 Å². The van der Waals surface area contributed by atoms with Crippen molar-refractivity contribution in [2.45, 2.75) is 31.0 Å². The van der Waals surface area contributed by atoms with Gasteiger partial charge in [-0.05, 0) is 37.8 Å². The van der Waals surface area contributed by atoms with Crippen LogP contribution in [-0.2, 0) is 4.79 Å². The quantitative estimate of drug-likeness (QED) is 0.835. The number of hydrogen-bond acceptors (Lipinski definition) is 3. The monoisotopic (exact) mass is 250 g/mol. The van der Waals surface area contributed by atoms with Crippen LogP contribution in [0.25, 0.3) is 0 Å². The fourth-order valence-electron chi connectivity index (χ4n) is 2.17. The number of nitrogens with zero attached hydrogens (tertiary/aromatic N) is 1. The van der Waals surface area contributed by atoms with Gasteiger partial charge in [-0.3, -0.25) is 10.1 Å². The molecule has 1 fully saturated rings. The van der Waals surface area contributed by atoms with Gasteiger partial charge in [0.2, 0.25) is 5.91 Å². The maximum absolute atomic E-state index is 11.9. The number of carbonyl (C=O) groups is 1. The topological polar surface area (TPSA) is 32.3 Å². The second-order valence-corrected chi connectivity index (χ2v) is 5.07. The van der Waals surface area contributed by atoms with Gasteiger partial charge >= 0.3 is 0 Å². The lowest BCUT2D eigenvalue weighted by Crippen LogP contribution is -2.30. The molecule has 1 aromatic carbocycles. The zero-order valence-corrected chi connectivity index (χ0v) is 11.3. The zero-order valence-electron chi connectivity index (χ0n) is 10.4. The average molecular weight is 250 g/mol. The summed E-state index contributed by atoms with van der Waals surface area (Å²) in [5, 5.41) is 3.33. The summed E-state index contributed by atoms with van der Waals surface area (Å²) in [4.78, 5) is 15.0. The van der Waals surface area contributed by atoms with Crippen LogP contribution >= 0.6 is 11.8 Å². The van der Waals surface area contributed by atoms with Crippen LogP contribution in [0.4, 0.5) is 0 Å². The van der Waals surface area contributed by atoms with Crippen molar-refractivity contribution >= 4 is 17.7 Å². The van der Waals surface area contributed by atoms with Gasteiger partial charge in [-0.2, -0.15) is 0 Å². The Labute approximate surface area is 107 Å². The zero-order chi connectivity index (χ0) is 12.4. The lowest BCUT2D eigenvalue weighted by Gasteiger charge is -2.23. The van der Waals surface area contributed by atoms with Crippen molar-refractivity contribution in [3.8, 4) is 0 Å². The number of thioether (sulfide) groups is 1. The first kappa shape index (κ1) is 12.5. The van der Waals surface area contributed by atoms with E-state index in [1.165, 1.54) is 4.90 Å². The smallest absolute Gasteiger partial charge is 0.241 e. The summed E-state index contributed by atoms with van der Waals surface area (Å²) < 4.78 is 0. The minimum Gasteiger partial charge on any atom is -0.322 e. The van der Waals surface area contributed by atoms with Crippen LogP contribution in [0.3, 0.4) is 0 Å². The molecule has 0 bridgehead atoms. The largest absolute Gasteiger partial charge is 0.322 e. The first-order valence-electron chi connectivity index (χ1n) is 5.88. The molecule has 0 aliphatic carbocycles. The van der Waals surface area contributed by atoms with Crippen LogP contribution in [0.2, 0.25) is 0 Å². The molecule has 2 atom stereocenters. The van der Waals surface area contributed by atoms with E-state index in [0.29, 0.717) is 0 Å². The third-order valence-electron chi connectivity index (χ3n) is 3.15. The predicted molar refractivity (Wildman–Crippen MR) is 70.9 cm³/mol. The molecule has 1 saturated heterocycles. The minimum atomic E-state index is -0.0832. The molecule has 17 heavy (non-hydrogen) atoms. The van der Waals surface area contributed by atoms with E-state index >= 15 is 0 Å². The first-order valence-corrected chi connectivity index (χ1v) is 7.10. The van der Waals surface area contributed by atoms with Gasteiger partial charge in [0, 0.05) is 11.4 Å². The molecule has 1 aliphatic rings. The third kappa shape index (κ3) is 2.33. The number of likely N-dealkylation sites (N-methyl/N-ethyl adjacent to an activating group) is 1. The molecule has 2 rings (SSSR count). The molecule has 2 unspecified atom stereocenters. The highest BCUT2D eigenvalue weighted by molar-refractivity contribution is 7.98. The highest BCUT2D eigenvalue weighted by Crippen LogP contribution is 2.26. The van der Waals surface area contributed by atoms with Crippen molar-refractivity contribution in [1.82, 2.24) is 10.2 Å². The van der Waals surface area contributed by atoms with E-state index < -0.39 is 0 Å². The Hall–Kier alpha value is -1.00. The lowest BCUT2D eigenvalue weighted by molar-refractivity contribution is -0.129. The predicted octanol–water partition coefficient (Wildman–Crippen LogP) is 2.25. The van der Waals surface area contributed by atoms with Crippen molar-refractivity contribution < 1.29 is 4.79 Å². The molecule has 0 spiro atoms. The van der Waals surface area contributed by atoms with Crippen LogP contribution in [-0.4, -0.2) is 29.6 Å². The molecule has 0 aromatic heterocycles. The Bertz CT molecular complexity index is 404. The Morgan fingerprint density at radius 3 is 2.53 bits per heavy atom. The SMILES string of the molecule is CCN1C(=O)C(C)NC1c1ccc(SC)cc1. The van der Waals surface area contributed by atoms with Gasteiger partial charge in [0.15, 0.2) is 0 Å². The number of amides is 1. The minimum absolute atomic E-state index is 0.0263. The third-order valence-corrected chi connectivity index (χ3v) is 3.89. The van der Waals surface area contributed by atoms with E-state index in [1.807, 2.05) is 18.7 Å². The molecule has 0 saturated carbocycles. The van der Waals surface area contributed by atoms with Crippen LogP contribution < -0.4 is 5.32 Å². The summed E-state index contributed by atoms with van der Waals surface area (Å²) in [6, 6.07) is 8.31. The summed E-state index contributed by atoms with van der Waals surface area (Å²) in [5.41, 5.74) is 1.15. The van der Waals surface area contributed by atoms with Crippen LogP contribution in [0.5, 0.6) is 0 Å². The van der Waals surface area contributed by atoms with Gasteiger partial charge in [0.25, 0.3) is 0 Å². The van der Waals surface area contributed by atoms with E-state index in [4.69, 9.17) is 0 Å². The van der Waals surface area contributed by atoms with Crippen LogP contribution in [0.1, 0.15) is 25.6 Å². The summed E-state index contributed by atoms with van der Waals surface area (Å²) in [7, 11) is 0. The van der Waals surface area contributed by atoms with Gasteiger partial charge in [-0.15, -0.1) is 11.8 Å². The fraction of sp³-hybridized carbons (Fsp3) is 0.462. The number of nitrogens with one attached hydrogen (secondary N) is 1. The maximum Gasteiger partial charge on any atom is 0.241 e. The summed E-state index contributed by atoms with van der Waals surface area (Å²) >= 11 is 1.73. The van der Waals surface area contributed by atoms with Crippen molar-refractivity contribution in [3.63, 3.8) is 0 Å². The summed E-state index contributed by atoms with van der Waals surface area (Å²) in [5.74, 6) is 0.187. The molecule has 1 aromatic rings. The van der Waals surface area contributed by atoms with Crippen molar-refractivity contribution in [2.75, 3.05) is 12.8 Å². The molecule has 1 amide bonds. The highest BCUT2D eigenvalue weighted by atomic mass is 32.2.